The molecule has 2 nitrogen and oxygen atoms in total. The maximum Gasteiger partial charge on any atom is 0.0746 e. The van der Waals surface area contributed by atoms with Gasteiger partial charge in [0.15, 0.2) is 0 Å². The zero-order chi connectivity index (χ0) is 14.5. The van der Waals surface area contributed by atoms with E-state index in [1.54, 1.807) is 12.1 Å². The molecular weight excluding hydrogens is 315 g/mol. The van der Waals surface area contributed by atoms with Crippen LogP contribution in [-0.2, 0) is 0 Å². The molecule has 0 saturated carbocycles. The molecule has 0 bridgehead atoms. The van der Waals surface area contributed by atoms with Gasteiger partial charge in [-0.15, -0.1) is 0 Å². The van der Waals surface area contributed by atoms with Gasteiger partial charge in [0.05, 0.1) is 15.7 Å². The first kappa shape index (κ1) is 16.2. The molecule has 0 N–H and O–H groups in total. The van der Waals surface area contributed by atoms with Gasteiger partial charge in [-0.05, 0) is 25.1 Å². The minimum Gasteiger partial charge on any atom is -0.367 e. The van der Waals surface area contributed by atoms with Crippen molar-refractivity contribution in [2.24, 2.45) is 0 Å². The van der Waals surface area contributed by atoms with Crippen LogP contribution in [-0.4, -0.2) is 37.6 Å². The van der Waals surface area contributed by atoms with Gasteiger partial charge >= 0.3 is 0 Å². The van der Waals surface area contributed by atoms with Crippen molar-refractivity contribution in [1.82, 2.24) is 4.90 Å². The lowest BCUT2D eigenvalue weighted by Gasteiger charge is -2.37. The number of nitrogens with zero attached hydrogens (tertiary/aromatic N) is 2. The summed E-state index contributed by atoms with van der Waals surface area (Å²) in [6, 6.07) is 3.51. The molecule has 0 atom stereocenters. The number of rotatable bonds is 5. The number of anilines is 1. The summed E-state index contributed by atoms with van der Waals surface area (Å²) in [5.41, 5.74) is 0.912. The topological polar surface area (TPSA) is 6.48 Å². The van der Waals surface area contributed by atoms with Crippen molar-refractivity contribution in [3.8, 4) is 0 Å². The average Bonchev–Trinajstić information content (AvgIpc) is 2.39. The summed E-state index contributed by atoms with van der Waals surface area (Å²) >= 11 is 18.5. The van der Waals surface area contributed by atoms with Gasteiger partial charge in [-0.1, -0.05) is 54.6 Å². The first-order valence-electron chi connectivity index (χ1n) is 7.03. The molecule has 0 spiro atoms. The van der Waals surface area contributed by atoms with E-state index in [2.05, 4.69) is 16.7 Å². The molecule has 5 heteroatoms. The molecule has 0 aliphatic carbocycles. The molecule has 1 aliphatic rings. The smallest absolute Gasteiger partial charge is 0.0746 e. The van der Waals surface area contributed by atoms with Crippen LogP contribution in [0.15, 0.2) is 12.1 Å². The number of benzene rings is 1. The Morgan fingerprint density at radius 2 is 1.55 bits per heavy atom. The molecule has 1 heterocycles. The van der Waals surface area contributed by atoms with Crippen LogP contribution in [0.25, 0.3) is 0 Å². The quantitative estimate of drug-likeness (QED) is 0.715. The summed E-state index contributed by atoms with van der Waals surface area (Å²) in [5, 5.41) is 1.84. The van der Waals surface area contributed by atoms with Gasteiger partial charge < -0.3 is 4.90 Å². The number of unbranched alkanes of at least 4 members (excludes halogenated alkanes) is 2. The van der Waals surface area contributed by atoms with Gasteiger partial charge in [0.1, 0.15) is 0 Å². The third-order valence-corrected chi connectivity index (χ3v) is 4.44. The lowest BCUT2D eigenvalue weighted by atomic mass is 10.2. The van der Waals surface area contributed by atoms with Crippen LogP contribution in [0.2, 0.25) is 15.1 Å². The third-order valence-electron chi connectivity index (χ3n) is 3.64. The van der Waals surface area contributed by atoms with Gasteiger partial charge in [0.25, 0.3) is 0 Å². The lowest BCUT2D eigenvalue weighted by molar-refractivity contribution is 0.253. The minimum atomic E-state index is 0.579. The monoisotopic (exact) mass is 333 g/mol. The van der Waals surface area contributed by atoms with E-state index in [9.17, 15) is 0 Å². The molecule has 1 aromatic rings. The van der Waals surface area contributed by atoms with Crippen LogP contribution < -0.4 is 4.90 Å². The third kappa shape index (κ3) is 4.17. The molecule has 1 radical (unpaired) electrons. The fraction of sp³-hybridized carbons (Fsp3) is 0.533. The van der Waals surface area contributed by atoms with Gasteiger partial charge in [0, 0.05) is 31.2 Å². The number of halogens is 3. The maximum atomic E-state index is 6.28. The van der Waals surface area contributed by atoms with E-state index >= 15 is 0 Å². The number of hydrogen-bond donors (Lipinski definition) is 0. The summed E-state index contributed by atoms with van der Waals surface area (Å²) in [6.45, 7) is 9.03. The highest BCUT2D eigenvalue weighted by Crippen LogP contribution is 2.36. The molecule has 20 heavy (non-hydrogen) atoms. The van der Waals surface area contributed by atoms with Gasteiger partial charge in [0.2, 0.25) is 0 Å². The predicted molar refractivity (Wildman–Crippen MR) is 89.3 cm³/mol. The first-order valence-corrected chi connectivity index (χ1v) is 8.16. The van der Waals surface area contributed by atoms with Crippen LogP contribution in [0.5, 0.6) is 0 Å². The average molecular weight is 335 g/mol. The van der Waals surface area contributed by atoms with Crippen molar-refractivity contribution >= 4 is 40.5 Å². The molecule has 1 aliphatic heterocycles. The van der Waals surface area contributed by atoms with Crippen LogP contribution in [0.1, 0.15) is 19.3 Å². The Balaban J connectivity index is 1.94. The van der Waals surface area contributed by atoms with Crippen LogP contribution in [0.3, 0.4) is 0 Å². The van der Waals surface area contributed by atoms with Crippen molar-refractivity contribution in [3.63, 3.8) is 0 Å². The Hall–Kier alpha value is -0.150. The molecule has 1 fully saturated rings. The Labute approximate surface area is 136 Å². The highest BCUT2D eigenvalue weighted by atomic mass is 35.5. The largest absolute Gasteiger partial charge is 0.367 e. The zero-order valence-electron chi connectivity index (χ0n) is 11.5. The second-order valence-electron chi connectivity index (χ2n) is 5.11. The minimum absolute atomic E-state index is 0.579. The van der Waals surface area contributed by atoms with Crippen molar-refractivity contribution in [2.75, 3.05) is 37.6 Å². The summed E-state index contributed by atoms with van der Waals surface area (Å²) in [7, 11) is 0. The highest BCUT2D eigenvalue weighted by molar-refractivity contribution is 6.41. The van der Waals surface area contributed by atoms with Crippen molar-refractivity contribution < 1.29 is 0 Å². The second kappa shape index (κ2) is 7.74. The normalized spacial score (nSPS) is 16.7. The van der Waals surface area contributed by atoms with E-state index in [0.717, 1.165) is 44.8 Å². The summed E-state index contributed by atoms with van der Waals surface area (Å²) in [4.78, 5) is 4.74. The van der Waals surface area contributed by atoms with Crippen molar-refractivity contribution in [3.05, 3.63) is 34.1 Å². The molecule has 0 unspecified atom stereocenters. The molecule has 1 saturated heterocycles. The standard InChI is InChI=1S/C15H20Cl3N2/c1-2-3-4-5-19-6-8-20(9-7-19)15-13(17)10-12(16)11-14(15)18/h10-11H,1-9H2. The second-order valence-corrected chi connectivity index (χ2v) is 6.36. The van der Waals surface area contributed by atoms with Crippen molar-refractivity contribution in [1.29, 1.82) is 0 Å². The van der Waals surface area contributed by atoms with Gasteiger partial charge in [-0.3, -0.25) is 4.90 Å². The van der Waals surface area contributed by atoms with Gasteiger partial charge in [-0.2, -0.15) is 0 Å². The van der Waals surface area contributed by atoms with E-state index < -0.39 is 0 Å². The van der Waals surface area contributed by atoms with Crippen LogP contribution >= 0.6 is 34.8 Å². The molecule has 0 amide bonds. The molecule has 2 rings (SSSR count). The van der Waals surface area contributed by atoms with Crippen LogP contribution in [0.4, 0.5) is 5.69 Å². The summed E-state index contributed by atoms with van der Waals surface area (Å²) in [6.07, 6.45) is 3.46. The highest BCUT2D eigenvalue weighted by Gasteiger charge is 2.21. The predicted octanol–water partition coefficient (Wildman–Crippen LogP) is 4.77. The van der Waals surface area contributed by atoms with Gasteiger partial charge in [-0.25, -0.2) is 0 Å². The Morgan fingerprint density at radius 1 is 0.950 bits per heavy atom. The Morgan fingerprint density at radius 3 is 2.10 bits per heavy atom. The summed E-state index contributed by atoms with van der Waals surface area (Å²) in [5.74, 6) is 0. The molecule has 0 aromatic heterocycles. The van der Waals surface area contributed by atoms with Crippen LogP contribution in [0, 0.1) is 6.92 Å². The number of piperazine rings is 1. The van der Waals surface area contributed by atoms with Crippen molar-refractivity contribution in [2.45, 2.75) is 19.3 Å². The maximum absolute atomic E-state index is 6.28. The van der Waals surface area contributed by atoms with E-state index in [-0.39, 0.29) is 0 Å². The van der Waals surface area contributed by atoms with E-state index in [1.165, 1.54) is 12.8 Å². The fourth-order valence-electron chi connectivity index (χ4n) is 2.54. The fourth-order valence-corrected chi connectivity index (χ4v) is 3.60. The molecule has 111 valence electrons. The first-order chi connectivity index (χ1) is 9.61. The SMILES string of the molecule is [CH2]CCCCN1CCN(c2c(Cl)cc(Cl)cc2Cl)CC1. The summed E-state index contributed by atoms with van der Waals surface area (Å²) < 4.78 is 0. The Kier molecular flexibility index (Phi) is 6.28. The number of hydrogen-bond acceptors (Lipinski definition) is 2. The zero-order valence-corrected chi connectivity index (χ0v) is 13.8. The Bertz CT molecular complexity index is 420. The molecule has 1 aromatic carbocycles. The molecular formula is C15H20Cl3N2. The lowest BCUT2D eigenvalue weighted by Crippen LogP contribution is -2.46. The van der Waals surface area contributed by atoms with E-state index in [1.807, 2.05) is 0 Å². The van der Waals surface area contributed by atoms with E-state index in [0.29, 0.717) is 15.1 Å². The van der Waals surface area contributed by atoms with E-state index in [4.69, 9.17) is 34.8 Å².